The number of methoxy groups -OCH3 is 1. The predicted molar refractivity (Wildman–Crippen MR) is 145 cm³/mol. The number of nitrogens with zero attached hydrogens (tertiary/aromatic N) is 5. The normalized spacial score (nSPS) is 12.3. The zero-order chi connectivity index (χ0) is 34.0. The first kappa shape index (κ1) is 34.1. The highest BCUT2D eigenvalue weighted by molar-refractivity contribution is 5.75. The Morgan fingerprint density at radius 2 is 1.43 bits per heavy atom. The van der Waals surface area contributed by atoms with Gasteiger partial charge in [0.2, 0.25) is 0 Å². The second-order valence-electron chi connectivity index (χ2n) is 10.1. The van der Waals surface area contributed by atoms with Gasteiger partial charge in [0, 0.05) is 25.1 Å². The number of hydrogen-bond acceptors (Lipinski definition) is 6. The van der Waals surface area contributed by atoms with Crippen LogP contribution in [-0.4, -0.2) is 38.4 Å². The van der Waals surface area contributed by atoms with Crippen LogP contribution >= 0.6 is 0 Å². The van der Waals surface area contributed by atoms with Crippen LogP contribution in [0.5, 0.6) is 5.75 Å². The first-order valence-corrected chi connectivity index (χ1v) is 13.2. The Balaban J connectivity index is 1.88. The van der Waals surface area contributed by atoms with Gasteiger partial charge in [0.15, 0.2) is 0 Å². The molecule has 46 heavy (non-hydrogen) atoms. The third-order valence-electron chi connectivity index (χ3n) is 6.78. The van der Waals surface area contributed by atoms with Crippen LogP contribution in [0.15, 0.2) is 54.6 Å². The van der Waals surface area contributed by atoms with E-state index in [4.69, 9.17) is 9.84 Å². The Hall–Kier alpha value is -4.83. The molecule has 4 rings (SSSR count). The number of alkyl halides is 9. The maximum absolute atomic E-state index is 13.9. The molecule has 0 aliphatic rings. The second-order valence-corrected chi connectivity index (χ2v) is 10.1. The van der Waals surface area contributed by atoms with Crippen LogP contribution in [0.4, 0.5) is 45.5 Å². The molecule has 0 atom stereocenters. The Labute approximate surface area is 255 Å². The highest BCUT2D eigenvalue weighted by Gasteiger charge is 2.37. The number of halogens is 9. The van der Waals surface area contributed by atoms with Crippen LogP contribution in [0.2, 0.25) is 0 Å². The van der Waals surface area contributed by atoms with Crippen LogP contribution < -0.4 is 9.64 Å². The number of carboxylic acid groups (broad SMARTS) is 1. The Bertz CT molecular complexity index is 1680. The van der Waals surface area contributed by atoms with Crippen molar-refractivity contribution in [2.24, 2.45) is 7.05 Å². The lowest BCUT2D eigenvalue weighted by atomic mass is 9.94. The van der Waals surface area contributed by atoms with E-state index < -0.39 is 59.8 Å². The minimum absolute atomic E-state index is 0.0387. The van der Waals surface area contributed by atoms with Crippen molar-refractivity contribution in [1.82, 2.24) is 20.2 Å². The van der Waals surface area contributed by atoms with Crippen molar-refractivity contribution in [2.75, 3.05) is 12.0 Å². The van der Waals surface area contributed by atoms with E-state index in [1.165, 1.54) is 26.3 Å². The molecule has 0 fully saturated rings. The van der Waals surface area contributed by atoms with E-state index in [1.807, 2.05) is 0 Å². The lowest BCUT2D eigenvalue weighted by Crippen LogP contribution is -2.25. The number of anilines is 1. The molecule has 1 aromatic heterocycles. The maximum Gasteiger partial charge on any atom is 0.416 e. The summed E-state index contributed by atoms with van der Waals surface area (Å²) >= 11 is 0. The van der Waals surface area contributed by atoms with E-state index in [-0.39, 0.29) is 47.3 Å². The minimum Gasteiger partial charge on any atom is -0.496 e. The molecule has 0 spiro atoms. The molecule has 0 aliphatic heterocycles. The summed E-state index contributed by atoms with van der Waals surface area (Å²) < 4.78 is 128. The zero-order valence-electron chi connectivity index (χ0n) is 23.9. The van der Waals surface area contributed by atoms with Gasteiger partial charge in [-0.2, -0.15) is 44.3 Å². The number of aliphatic carboxylic acids is 1. The van der Waals surface area contributed by atoms with Crippen molar-refractivity contribution >= 4 is 11.9 Å². The molecular formula is C29H24F9N5O3. The third-order valence-corrected chi connectivity index (χ3v) is 6.78. The first-order chi connectivity index (χ1) is 21.3. The van der Waals surface area contributed by atoms with Gasteiger partial charge in [-0.3, -0.25) is 4.79 Å². The van der Waals surface area contributed by atoms with Crippen molar-refractivity contribution in [2.45, 2.75) is 44.5 Å². The number of hydrogen-bond donors (Lipinski definition) is 1. The van der Waals surface area contributed by atoms with Crippen LogP contribution in [0.1, 0.15) is 39.8 Å². The third kappa shape index (κ3) is 8.25. The molecule has 8 nitrogen and oxygen atoms in total. The average molecular weight is 662 g/mol. The van der Waals surface area contributed by atoms with E-state index in [9.17, 15) is 44.3 Å². The van der Waals surface area contributed by atoms with Gasteiger partial charge in [-0.05, 0) is 76.4 Å². The molecule has 1 heterocycles. The van der Waals surface area contributed by atoms with Gasteiger partial charge < -0.3 is 14.7 Å². The van der Waals surface area contributed by atoms with E-state index in [2.05, 4.69) is 15.4 Å². The second kappa shape index (κ2) is 12.9. The highest BCUT2D eigenvalue weighted by Crippen LogP contribution is 2.40. The summed E-state index contributed by atoms with van der Waals surface area (Å²) in [4.78, 5) is 13.2. The minimum atomic E-state index is -5.14. The van der Waals surface area contributed by atoms with Gasteiger partial charge in [0.25, 0.3) is 5.95 Å². The maximum atomic E-state index is 13.9. The number of carboxylic acids is 1. The van der Waals surface area contributed by atoms with E-state index in [1.54, 1.807) is 6.07 Å². The number of aryl methyl sites for hydroxylation is 2. The number of benzene rings is 3. The molecule has 4 aromatic rings. The van der Waals surface area contributed by atoms with E-state index >= 15 is 0 Å². The fourth-order valence-corrected chi connectivity index (χ4v) is 4.67. The standard InChI is InChI=1S/C29H24F9N5O3/c1-42-40-26(39-41-42)43(14-17-9-20(28(33,34)35)13-21(10-17)29(36,37)38)15-18-12-19(27(30,31)32)5-6-22(18)23-11-16(4-8-25(44)45)3-7-24(23)46-2/h3,5-7,9-13H,4,8,14-15H2,1-2H3,(H,44,45). The van der Waals surface area contributed by atoms with Gasteiger partial charge in [0.1, 0.15) is 5.75 Å². The van der Waals surface area contributed by atoms with Crippen molar-refractivity contribution < 1.29 is 54.2 Å². The summed E-state index contributed by atoms with van der Waals surface area (Å²) in [5.41, 5.74) is -3.84. The van der Waals surface area contributed by atoms with Crippen molar-refractivity contribution in [3.63, 3.8) is 0 Å². The van der Waals surface area contributed by atoms with Crippen molar-refractivity contribution in [1.29, 1.82) is 0 Å². The number of rotatable bonds is 10. The monoisotopic (exact) mass is 661 g/mol. The topological polar surface area (TPSA) is 93.4 Å². The zero-order valence-corrected chi connectivity index (χ0v) is 23.9. The molecule has 1 N–H and O–H groups in total. The lowest BCUT2D eigenvalue weighted by Gasteiger charge is -2.25. The molecule has 0 unspecified atom stereocenters. The Kier molecular flexibility index (Phi) is 9.54. The van der Waals surface area contributed by atoms with Gasteiger partial charge in [-0.15, -0.1) is 5.10 Å². The van der Waals surface area contributed by atoms with Crippen molar-refractivity contribution in [3.8, 4) is 16.9 Å². The first-order valence-electron chi connectivity index (χ1n) is 13.2. The molecule has 0 aliphatic carbocycles. The molecule has 0 bridgehead atoms. The van der Waals surface area contributed by atoms with Crippen LogP contribution in [-0.2, 0) is 49.9 Å². The van der Waals surface area contributed by atoms with Crippen LogP contribution in [0.3, 0.4) is 0 Å². The van der Waals surface area contributed by atoms with E-state index in [0.29, 0.717) is 17.7 Å². The fourth-order valence-electron chi connectivity index (χ4n) is 4.67. The van der Waals surface area contributed by atoms with Gasteiger partial charge >= 0.3 is 24.5 Å². The van der Waals surface area contributed by atoms with Gasteiger partial charge in [0.05, 0.1) is 30.8 Å². The molecule has 0 saturated carbocycles. The number of aromatic nitrogens is 4. The Morgan fingerprint density at radius 3 is 1.96 bits per heavy atom. The molecule has 3 aromatic carbocycles. The summed E-state index contributed by atoms with van der Waals surface area (Å²) in [7, 11) is 2.64. The van der Waals surface area contributed by atoms with Gasteiger partial charge in [-0.25, -0.2) is 0 Å². The quantitative estimate of drug-likeness (QED) is 0.180. The van der Waals surface area contributed by atoms with Gasteiger partial charge in [-0.1, -0.05) is 17.2 Å². The largest absolute Gasteiger partial charge is 0.496 e. The average Bonchev–Trinajstić information content (AvgIpc) is 3.40. The van der Waals surface area contributed by atoms with Crippen molar-refractivity contribution in [3.05, 3.63) is 88.0 Å². The summed E-state index contributed by atoms with van der Waals surface area (Å²) in [5, 5.41) is 20.5. The molecule has 0 amide bonds. The predicted octanol–water partition coefficient (Wildman–Crippen LogP) is 7.17. The molecule has 0 radical (unpaired) electrons. The molecule has 17 heteroatoms. The molecule has 0 saturated heterocycles. The number of ether oxygens (including phenoxy) is 1. The van der Waals surface area contributed by atoms with E-state index in [0.717, 1.165) is 27.9 Å². The molecular weight excluding hydrogens is 637 g/mol. The summed E-state index contributed by atoms with van der Waals surface area (Å²) in [5.74, 6) is -1.17. The summed E-state index contributed by atoms with van der Waals surface area (Å²) in [6.45, 7) is -1.23. The Morgan fingerprint density at radius 1 is 0.804 bits per heavy atom. The summed E-state index contributed by atoms with van der Waals surface area (Å²) in [6, 6.07) is 8.30. The number of carbonyl (C=O) groups is 1. The molecule has 246 valence electrons. The SMILES string of the molecule is COc1ccc(CCC(=O)O)cc1-c1ccc(C(F)(F)F)cc1CN(Cc1cc(C(F)(F)F)cc(C(F)(F)F)c1)c1nnn(C)n1. The number of tetrazole rings is 1. The summed E-state index contributed by atoms with van der Waals surface area (Å²) in [6.07, 6.45) is -15.3. The smallest absolute Gasteiger partial charge is 0.416 e. The fraction of sp³-hybridized carbons (Fsp3) is 0.310. The van der Waals surface area contributed by atoms with Crippen LogP contribution in [0.25, 0.3) is 11.1 Å². The van der Waals surface area contributed by atoms with Crippen LogP contribution in [0, 0.1) is 0 Å². The lowest BCUT2D eigenvalue weighted by molar-refractivity contribution is -0.143. The highest BCUT2D eigenvalue weighted by atomic mass is 19.4.